The molecule has 0 aliphatic carbocycles. The van der Waals surface area contributed by atoms with E-state index in [4.69, 9.17) is 20.4 Å². The number of nitrogens with two attached hydrogens (primary N) is 1. The first-order valence-corrected chi connectivity index (χ1v) is 9.62. The SMILES string of the molecule is CC1(N)CCN(c2nc3sc(-c4ccc5c(c4)ONO5)nn3c2CO)CC1. The lowest BCUT2D eigenvalue weighted by atomic mass is 9.91. The maximum Gasteiger partial charge on any atom is 0.214 e. The number of anilines is 1. The predicted molar refractivity (Wildman–Crippen MR) is 101 cm³/mol. The minimum absolute atomic E-state index is 0.124. The number of aliphatic hydroxyl groups is 1. The van der Waals surface area contributed by atoms with E-state index in [1.165, 1.54) is 11.3 Å². The molecule has 142 valence electrons. The first-order chi connectivity index (χ1) is 13.0. The molecule has 4 N–H and O–H groups in total. The highest BCUT2D eigenvalue weighted by Crippen LogP contribution is 2.37. The average molecular weight is 388 g/mol. The van der Waals surface area contributed by atoms with Crippen LogP contribution >= 0.6 is 11.3 Å². The Morgan fingerprint density at radius 3 is 2.85 bits per heavy atom. The molecular formula is C17H20N6O3S. The number of hydrogen-bond acceptors (Lipinski definition) is 9. The number of hydrogen-bond donors (Lipinski definition) is 3. The molecule has 1 fully saturated rings. The zero-order chi connectivity index (χ0) is 18.6. The van der Waals surface area contributed by atoms with Gasteiger partial charge in [0.2, 0.25) is 4.96 Å². The van der Waals surface area contributed by atoms with E-state index in [0.29, 0.717) is 17.2 Å². The third-order valence-electron chi connectivity index (χ3n) is 5.12. The van der Waals surface area contributed by atoms with Gasteiger partial charge in [0.25, 0.3) is 0 Å². The van der Waals surface area contributed by atoms with Gasteiger partial charge in [-0.2, -0.15) is 10.1 Å². The van der Waals surface area contributed by atoms with E-state index in [0.717, 1.165) is 47.3 Å². The Balaban J connectivity index is 1.49. The quantitative estimate of drug-likeness (QED) is 0.619. The molecule has 0 spiro atoms. The van der Waals surface area contributed by atoms with Gasteiger partial charge in [-0.3, -0.25) is 0 Å². The summed E-state index contributed by atoms with van der Waals surface area (Å²) >= 11 is 1.47. The molecule has 10 heteroatoms. The zero-order valence-corrected chi connectivity index (χ0v) is 15.6. The van der Waals surface area contributed by atoms with Crippen LogP contribution in [0.15, 0.2) is 18.2 Å². The molecule has 1 aromatic carbocycles. The fourth-order valence-corrected chi connectivity index (χ4v) is 4.34. The Labute approximate surface area is 159 Å². The predicted octanol–water partition coefficient (Wildman–Crippen LogP) is 1.46. The molecule has 0 bridgehead atoms. The first-order valence-electron chi connectivity index (χ1n) is 8.80. The van der Waals surface area contributed by atoms with Crippen molar-refractivity contribution in [3.05, 3.63) is 23.9 Å². The van der Waals surface area contributed by atoms with Gasteiger partial charge < -0.3 is 25.4 Å². The third-order valence-corrected chi connectivity index (χ3v) is 6.08. The van der Waals surface area contributed by atoms with Crippen LogP contribution < -0.4 is 26.0 Å². The molecule has 4 heterocycles. The number of rotatable bonds is 3. The number of aliphatic hydroxyl groups excluding tert-OH is 1. The van der Waals surface area contributed by atoms with E-state index < -0.39 is 0 Å². The summed E-state index contributed by atoms with van der Waals surface area (Å²) in [6, 6.07) is 5.60. The van der Waals surface area contributed by atoms with Crippen molar-refractivity contribution in [2.45, 2.75) is 31.9 Å². The second-order valence-corrected chi connectivity index (χ2v) is 8.19. The highest BCUT2D eigenvalue weighted by molar-refractivity contribution is 7.19. The minimum Gasteiger partial charge on any atom is -0.390 e. The smallest absolute Gasteiger partial charge is 0.214 e. The van der Waals surface area contributed by atoms with Crippen LogP contribution in [-0.4, -0.2) is 38.3 Å². The zero-order valence-electron chi connectivity index (χ0n) is 14.8. The van der Waals surface area contributed by atoms with Crippen molar-refractivity contribution in [2.75, 3.05) is 18.0 Å². The number of fused-ring (bicyclic) bond motifs is 2. The van der Waals surface area contributed by atoms with Gasteiger partial charge in [-0.1, -0.05) is 11.3 Å². The fourth-order valence-electron chi connectivity index (χ4n) is 3.43. The van der Waals surface area contributed by atoms with E-state index in [9.17, 15) is 5.11 Å². The summed E-state index contributed by atoms with van der Waals surface area (Å²) in [6.45, 7) is 3.61. The normalized spacial score (nSPS) is 18.4. The van der Waals surface area contributed by atoms with Crippen LogP contribution in [0.3, 0.4) is 0 Å². The molecule has 3 aromatic rings. The number of imidazole rings is 1. The summed E-state index contributed by atoms with van der Waals surface area (Å²) in [4.78, 5) is 18.0. The van der Waals surface area contributed by atoms with Crippen molar-refractivity contribution in [3.8, 4) is 22.1 Å². The summed E-state index contributed by atoms with van der Waals surface area (Å²) in [6.07, 6.45) is 1.79. The highest BCUT2D eigenvalue weighted by atomic mass is 32.1. The van der Waals surface area contributed by atoms with Crippen LogP contribution in [0.25, 0.3) is 15.5 Å². The standard InChI is InChI=1S/C17H20N6O3S/c1-17(18)4-6-22(7-5-17)14-11(9-24)23-16(19-14)27-15(20-23)10-2-3-12-13(8-10)26-21-25-12/h2-3,8,21,24H,4-7,9,18H2,1H3. The average Bonchev–Trinajstić information content (AvgIpc) is 3.34. The molecule has 2 aliphatic rings. The number of aromatic nitrogens is 3. The largest absolute Gasteiger partial charge is 0.390 e. The molecule has 0 unspecified atom stereocenters. The molecule has 0 atom stereocenters. The number of benzene rings is 1. The van der Waals surface area contributed by atoms with Crippen molar-refractivity contribution in [2.24, 2.45) is 5.73 Å². The van der Waals surface area contributed by atoms with E-state index in [-0.39, 0.29) is 12.1 Å². The number of piperidine rings is 1. The van der Waals surface area contributed by atoms with Gasteiger partial charge in [0.05, 0.1) is 6.61 Å². The summed E-state index contributed by atoms with van der Waals surface area (Å²) in [7, 11) is 0. The Bertz CT molecular complexity index is 1000. The topological polar surface area (TPSA) is 110 Å². The lowest BCUT2D eigenvalue weighted by molar-refractivity contribution is 0.0260. The highest BCUT2D eigenvalue weighted by Gasteiger charge is 2.29. The van der Waals surface area contributed by atoms with Gasteiger partial charge in [0, 0.05) is 29.8 Å². The Hall–Kier alpha value is -2.40. The van der Waals surface area contributed by atoms with Crippen LogP contribution in [0.1, 0.15) is 25.5 Å². The van der Waals surface area contributed by atoms with Crippen LogP contribution in [-0.2, 0) is 6.61 Å². The van der Waals surface area contributed by atoms with Crippen molar-refractivity contribution in [1.82, 2.24) is 20.2 Å². The fraction of sp³-hybridized carbons (Fsp3) is 0.412. The summed E-state index contributed by atoms with van der Waals surface area (Å²) in [5.41, 5.74) is 10.1. The second kappa shape index (κ2) is 6.06. The molecule has 2 aromatic heterocycles. The van der Waals surface area contributed by atoms with Crippen molar-refractivity contribution in [1.29, 1.82) is 0 Å². The maximum absolute atomic E-state index is 9.95. The molecule has 5 rings (SSSR count). The van der Waals surface area contributed by atoms with E-state index in [1.807, 2.05) is 18.2 Å². The monoisotopic (exact) mass is 388 g/mol. The lowest BCUT2D eigenvalue weighted by Gasteiger charge is -2.37. The molecule has 0 saturated carbocycles. The molecule has 0 radical (unpaired) electrons. The van der Waals surface area contributed by atoms with E-state index in [2.05, 4.69) is 22.6 Å². The minimum atomic E-state index is -0.132. The van der Waals surface area contributed by atoms with Crippen molar-refractivity contribution < 1.29 is 14.8 Å². The molecular weight excluding hydrogens is 368 g/mol. The van der Waals surface area contributed by atoms with Crippen LogP contribution in [0, 0.1) is 0 Å². The van der Waals surface area contributed by atoms with Gasteiger partial charge in [0.1, 0.15) is 10.7 Å². The first kappa shape index (κ1) is 16.8. The van der Waals surface area contributed by atoms with Gasteiger partial charge >= 0.3 is 0 Å². The summed E-state index contributed by atoms with van der Waals surface area (Å²) in [5, 5.41) is 15.4. The Kier molecular flexibility index (Phi) is 3.76. The van der Waals surface area contributed by atoms with Gasteiger partial charge in [-0.05, 0) is 38.0 Å². The molecule has 27 heavy (non-hydrogen) atoms. The lowest BCUT2D eigenvalue weighted by Crippen LogP contribution is -2.48. The molecule has 2 aliphatic heterocycles. The van der Waals surface area contributed by atoms with Gasteiger partial charge in [-0.15, -0.1) is 0 Å². The van der Waals surface area contributed by atoms with Crippen LogP contribution in [0.2, 0.25) is 0 Å². The second-order valence-electron chi connectivity index (χ2n) is 7.23. The summed E-state index contributed by atoms with van der Waals surface area (Å²) in [5.74, 6) is 2.05. The van der Waals surface area contributed by atoms with Crippen molar-refractivity contribution >= 4 is 22.1 Å². The number of nitrogens with zero attached hydrogens (tertiary/aromatic N) is 4. The number of nitrogens with one attached hydrogen (secondary N) is 1. The van der Waals surface area contributed by atoms with Crippen LogP contribution in [0.4, 0.5) is 5.82 Å². The summed E-state index contributed by atoms with van der Waals surface area (Å²) < 4.78 is 1.73. The third kappa shape index (κ3) is 2.81. The maximum atomic E-state index is 9.95. The molecule has 9 nitrogen and oxygen atoms in total. The molecule has 1 saturated heterocycles. The van der Waals surface area contributed by atoms with E-state index >= 15 is 0 Å². The molecule has 0 amide bonds. The van der Waals surface area contributed by atoms with Gasteiger partial charge in [0.15, 0.2) is 17.3 Å². The van der Waals surface area contributed by atoms with E-state index in [1.54, 1.807) is 4.52 Å². The van der Waals surface area contributed by atoms with Crippen molar-refractivity contribution in [3.63, 3.8) is 0 Å². The van der Waals surface area contributed by atoms with Crippen LogP contribution in [0.5, 0.6) is 11.5 Å². The Morgan fingerprint density at radius 1 is 1.30 bits per heavy atom. The Morgan fingerprint density at radius 2 is 2.07 bits per heavy atom. The van der Waals surface area contributed by atoms with Gasteiger partial charge in [-0.25, -0.2) is 4.52 Å².